The van der Waals surface area contributed by atoms with Gasteiger partial charge in [-0.15, -0.1) is 11.8 Å². The Labute approximate surface area is 125 Å². The smallest absolute Gasteiger partial charge is 0.335 e. The van der Waals surface area contributed by atoms with Gasteiger partial charge in [0, 0.05) is 20.7 Å². The fourth-order valence-corrected chi connectivity index (χ4v) is 3.06. The predicted molar refractivity (Wildman–Crippen MR) is 79.4 cm³/mol. The van der Waals surface area contributed by atoms with E-state index in [9.17, 15) is 4.79 Å². The number of halogens is 2. The second-order valence-corrected chi connectivity index (χ2v) is 5.75. The Morgan fingerprint density at radius 1 is 1.16 bits per heavy atom. The quantitative estimate of drug-likeness (QED) is 0.809. The van der Waals surface area contributed by atoms with Crippen molar-refractivity contribution >= 4 is 40.9 Å². The van der Waals surface area contributed by atoms with Crippen molar-refractivity contribution in [1.29, 1.82) is 0 Å². The van der Waals surface area contributed by atoms with Crippen LogP contribution in [0, 0.1) is 0 Å². The minimum Gasteiger partial charge on any atom is -0.478 e. The average Bonchev–Trinajstić information content (AvgIpc) is 2.37. The molecule has 2 rings (SSSR count). The number of benzene rings is 2. The molecule has 0 aliphatic heterocycles. The Morgan fingerprint density at radius 3 is 2.58 bits per heavy atom. The van der Waals surface area contributed by atoms with E-state index in [0.29, 0.717) is 15.8 Å². The molecule has 0 aliphatic rings. The molecule has 0 atom stereocenters. The van der Waals surface area contributed by atoms with Crippen molar-refractivity contribution in [2.24, 2.45) is 0 Å². The number of rotatable bonds is 4. The first-order valence-corrected chi connectivity index (χ1v) is 7.20. The van der Waals surface area contributed by atoms with Crippen molar-refractivity contribution in [3.05, 3.63) is 63.6 Å². The van der Waals surface area contributed by atoms with Crippen LogP contribution in [0.25, 0.3) is 0 Å². The molecular weight excluding hydrogens is 303 g/mol. The average molecular weight is 313 g/mol. The summed E-state index contributed by atoms with van der Waals surface area (Å²) >= 11 is 13.6. The molecule has 0 radical (unpaired) electrons. The molecule has 98 valence electrons. The van der Waals surface area contributed by atoms with Crippen LogP contribution in [-0.4, -0.2) is 11.1 Å². The van der Waals surface area contributed by atoms with E-state index in [1.165, 1.54) is 6.07 Å². The van der Waals surface area contributed by atoms with Crippen molar-refractivity contribution < 1.29 is 9.90 Å². The van der Waals surface area contributed by atoms with Gasteiger partial charge < -0.3 is 5.11 Å². The minimum absolute atomic E-state index is 0.196. The first kappa shape index (κ1) is 14.3. The van der Waals surface area contributed by atoms with Gasteiger partial charge in [-0.1, -0.05) is 35.3 Å². The van der Waals surface area contributed by atoms with Crippen LogP contribution in [0.1, 0.15) is 15.9 Å². The van der Waals surface area contributed by atoms with E-state index in [4.69, 9.17) is 28.3 Å². The summed E-state index contributed by atoms with van der Waals surface area (Å²) in [6.07, 6.45) is 0. The molecule has 0 saturated carbocycles. The Kier molecular flexibility index (Phi) is 4.75. The van der Waals surface area contributed by atoms with Crippen molar-refractivity contribution in [3.63, 3.8) is 0 Å². The Hall–Kier alpha value is -1.16. The molecule has 1 N–H and O–H groups in total. The molecule has 0 spiro atoms. The van der Waals surface area contributed by atoms with Gasteiger partial charge in [0.15, 0.2) is 0 Å². The fourth-order valence-electron chi connectivity index (χ4n) is 1.52. The fraction of sp³-hybridized carbons (Fsp3) is 0.0714. The van der Waals surface area contributed by atoms with E-state index < -0.39 is 5.97 Å². The number of carbonyl (C=O) groups is 1. The monoisotopic (exact) mass is 312 g/mol. The molecule has 19 heavy (non-hydrogen) atoms. The molecule has 0 aliphatic carbocycles. The van der Waals surface area contributed by atoms with Crippen molar-refractivity contribution in [1.82, 2.24) is 0 Å². The van der Waals surface area contributed by atoms with Crippen LogP contribution in [0.15, 0.2) is 47.4 Å². The molecule has 5 heteroatoms. The van der Waals surface area contributed by atoms with Crippen molar-refractivity contribution in [2.75, 3.05) is 0 Å². The second-order valence-electron chi connectivity index (χ2n) is 3.86. The number of thioether (sulfide) groups is 1. The van der Waals surface area contributed by atoms with E-state index in [-0.39, 0.29) is 5.56 Å². The van der Waals surface area contributed by atoms with Crippen LogP contribution >= 0.6 is 35.0 Å². The van der Waals surface area contributed by atoms with Crippen LogP contribution < -0.4 is 0 Å². The molecule has 0 aromatic heterocycles. The number of hydrogen-bond acceptors (Lipinski definition) is 2. The van der Waals surface area contributed by atoms with Gasteiger partial charge >= 0.3 is 5.97 Å². The highest BCUT2D eigenvalue weighted by Gasteiger charge is 2.07. The van der Waals surface area contributed by atoms with Gasteiger partial charge in [0.25, 0.3) is 0 Å². The molecule has 2 aromatic carbocycles. The zero-order chi connectivity index (χ0) is 13.8. The van der Waals surface area contributed by atoms with E-state index >= 15 is 0 Å². The maximum absolute atomic E-state index is 10.8. The lowest BCUT2D eigenvalue weighted by Gasteiger charge is -2.06. The van der Waals surface area contributed by atoms with Crippen LogP contribution in [0.5, 0.6) is 0 Å². The van der Waals surface area contributed by atoms with Gasteiger partial charge in [0.1, 0.15) is 0 Å². The van der Waals surface area contributed by atoms with Gasteiger partial charge in [-0.2, -0.15) is 0 Å². The highest BCUT2D eigenvalue weighted by molar-refractivity contribution is 7.98. The molecule has 2 nitrogen and oxygen atoms in total. The van der Waals surface area contributed by atoms with Crippen LogP contribution in [0.2, 0.25) is 10.0 Å². The summed E-state index contributed by atoms with van der Waals surface area (Å²) in [5.74, 6) is -0.310. The van der Waals surface area contributed by atoms with Crippen LogP contribution in [0.3, 0.4) is 0 Å². The molecule has 0 amide bonds. The van der Waals surface area contributed by atoms with E-state index in [2.05, 4.69) is 0 Å². The Balaban J connectivity index is 2.10. The SMILES string of the molecule is O=C(O)c1ccc(CSc2cccc(Cl)c2)c(Cl)c1. The zero-order valence-electron chi connectivity index (χ0n) is 9.77. The highest BCUT2D eigenvalue weighted by Crippen LogP contribution is 2.28. The third kappa shape index (κ3) is 3.90. The number of carboxylic acid groups (broad SMARTS) is 1. The van der Waals surface area contributed by atoms with E-state index in [0.717, 1.165) is 10.5 Å². The lowest BCUT2D eigenvalue weighted by molar-refractivity contribution is 0.0697. The number of aromatic carboxylic acids is 1. The summed E-state index contributed by atoms with van der Waals surface area (Å²) < 4.78 is 0. The highest BCUT2D eigenvalue weighted by atomic mass is 35.5. The summed E-state index contributed by atoms with van der Waals surface area (Å²) in [5.41, 5.74) is 1.10. The molecule has 0 bridgehead atoms. The summed E-state index contributed by atoms with van der Waals surface area (Å²) in [6.45, 7) is 0. The second kappa shape index (κ2) is 6.33. The standard InChI is InChI=1S/C14H10Cl2O2S/c15-11-2-1-3-12(7-11)19-8-10-5-4-9(14(17)18)6-13(10)16/h1-7H,8H2,(H,17,18). The van der Waals surface area contributed by atoms with Crippen LogP contribution in [-0.2, 0) is 5.75 Å². The lowest BCUT2D eigenvalue weighted by Crippen LogP contribution is -1.96. The van der Waals surface area contributed by atoms with Gasteiger partial charge in [-0.25, -0.2) is 4.79 Å². The molecule has 2 aromatic rings. The summed E-state index contributed by atoms with van der Waals surface area (Å²) in [6, 6.07) is 12.3. The van der Waals surface area contributed by atoms with E-state index in [1.54, 1.807) is 23.9 Å². The topological polar surface area (TPSA) is 37.3 Å². The van der Waals surface area contributed by atoms with Crippen molar-refractivity contribution in [2.45, 2.75) is 10.6 Å². The summed E-state index contributed by atoms with van der Waals surface area (Å²) in [7, 11) is 0. The largest absolute Gasteiger partial charge is 0.478 e. The maximum Gasteiger partial charge on any atom is 0.335 e. The number of hydrogen-bond donors (Lipinski definition) is 1. The van der Waals surface area contributed by atoms with E-state index in [1.807, 2.05) is 24.3 Å². The molecule has 0 fully saturated rings. The normalized spacial score (nSPS) is 10.4. The number of carboxylic acids is 1. The molecule has 0 saturated heterocycles. The third-order valence-electron chi connectivity index (χ3n) is 2.49. The summed E-state index contributed by atoms with van der Waals surface area (Å²) in [4.78, 5) is 11.8. The van der Waals surface area contributed by atoms with Gasteiger partial charge in [-0.3, -0.25) is 0 Å². The lowest BCUT2D eigenvalue weighted by atomic mass is 10.1. The van der Waals surface area contributed by atoms with Crippen molar-refractivity contribution in [3.8, 4) is 0 Å². The maximum atomic E-state index is 10.8. The Bertz CT molecular complexity index is 614. The van der Waals surface area contributed by atoms with Crippen LogP contribution in [0.4, 0.5) is 0 Å². The Morgan fingerprint density at radius 2 is 1.95 bits per heavy atom. The predicted octanol–water partition coefficient (Wildman–Crippen LogP) is 4.98. The third-order valence-corrected chi connectivity index (χ3v) is 4.12. The molecular formula is C14H10Cl2O2S. The van der Waals surface area contributed by atoms with Gasteiger partial charge in [-0.05, 0) is 35.9 Å². The molecule has 0 unspecified atom stereocenters. The first-order chi connectivity index (χ1) is 9.06. The zero-order valence-corrected chi connectivity index (χ0v) is 12.1. The molecule has 0 heterocycles. The minimum atomic E-state index is -0.976. The van der Waals surface area contributed by atoms with Gasteiger partial charge in [0.2, 0.25) is 0 Å². The first-order valence-electron chi connectivity index (χ1n) is 5.46. The van der Waals surface area contributed by atoms with Gasteiger partial charge in [0.05, 0.1) is 5.56 Å². The summed E-state index contributed by atoms with van der Waals surface area (Å²) in [5, 5.41) is 10.0.